The lowest BCUT2D eigenvalue weighted by atomic mass is 10.1. The van der Waals surface area contributed by atoms with Crippen LogP contribution in [0, 0.1) is 0 Å². The first-order valence-electron chi connectivity index (χ1n) is 26.0. The third kappa shape index (κ3) is 52.4. The second-order valence-electron chi connectivity index (χ2n) is 17.6. The standard InChI is InChI=1S/C56H104N2.CH4/c1-5-8-11-14-17-20-23-26-29-32-35-38-41-44-47-50-53-57(4)56-58(54-51-48-45-42-39-36-33-30-27-24-21-18-15-12-9-6-2)55-52-49-46-43-40-37-34-31-28-25-22-19-16-13-10-7-3;/h17-22,26-31H,5-16,23-25,32-56H2,1-4H3;1H4/b20-17-,21-18-,22-19-,29-26-,30-27-,31-28-;. The van der Waals surface area contributed by atoms with E-state index in [1.54, 1.807) is 0 Å². The zero-order chi connectivity index (χ0) is 41.9. The number of allylic oxidation sites excluding steroid dienone is 12. The number of hydrogen-bond donors (Lipinski definition) is 0. The third-order valence-corrected chi connectivity index (χ3v) is 11.5. The molecule has 0 saturated heterocycles. The van der Waals surface area contributed by atoms with Gasteiger partial charge in [-0.25, -0.2) is 0 Å². The first kappa shape index (κ1) is 59.5. The van der Waals surface area contributed by atoms with Gasteiger partial charge in [-0.05, 0) is 142 Å². The fourth-order valence-electron chi connectivity index (χ4n) is 7.68. The van der Waals surface area contributed by atoms with Crippen molar-refractivity contribution in [3.05, 3.63) is 72.9 Å². The molecule has 0 aromatic rings. The number of nitrogens with zero attached hydrogens (tertiary/aromatic N) is 2. The van der Waals surface area contributed by atoms with E-state index in [0.29, 0.717) is 0 Å². The maximum atomic E-state index is 2.79. The van der Waals surface area contributed by atoms with Gasteiger partial charge in [-0.15, -0.1) is 0 Å². The van der Waals surface area contributed by atoms with Crippen LogP contribution >= 0.6 is 0 Å². The van der Waals surface area contributed by atoms with Crippen molar-refractivity contribution in [1.29, 1.82) is 0 Å². The zero-order valence-electron chi connectivity index (χ0n) is 40.1. The molecule has 0 aliphatic rings. The summed E-state index contributed by atoms with van der Waals surface area (Å²) in [6.07, 6.45) is 76.4. The Balaban J connectivity index is 0. The Morgan fingerprint density at radius 1 is 0.271 bits per heavy atom. The molecule has 0 rings (SSSR count). The van der Waals surface area contributed by atoms with Crippen molar-refractivity contribution in [3.8, 4) is 0 Å². The highest BCUT2D eigenvalue weighted by Crippen LogP contribution is 2.13. The van der Waals surface area contributed by atoms with Gasteiger partial charge in [0.05, 0.1) is 6.67 Å². The molecule has 0 aromatic heterocycles. The van der Waals surface area contributed by atoms with Crippen LogP contribution in [0.15, 0.2) is 72.9 Å². The van der Waals surface area contributed by atoms with Crippen LogP contribution in [-0.4, -0.2) is 43.2 Å². The minimum Gasteiger partial charge on any atom is -0.294 e. The summed E-state index contributed by atoms with van der Waals surface area (Å²) in [6.45, 7) is 11.8. The van der Waals surface area contributed by atoms with E-state index in [4.69, 9.17) is 0 Å². The fraction of sp³-hybridized carbons (Fsp3) is 0.789. The summed E-state index contributed by atoms with van der Waals surface area (Å²) in [5.74, 6) is 0. The van der Waals surface area contributed by atoms with Crippen molar-refractivity contribution in [3.63, 3.8) is 0 Å². The first-order chi connectivity index (χ1) is 28.7. The van der Waals surface area contributed by atoms with Gasteiger partial charge in [-0.2, -0.15) is 0 Å². The molecule has 0 aliphatic carbocycles. The predicted octanol–water partition coefficient (Wildman–Crippen LogP) is 19.3. The normalized spacial score (nSPS) is 12.5. The van der Waals surface area contributed by atoms with Crippen LogP contribution in [0.1, 0.15) is 259 Å². The van der Waals surface area contributed by atoms with Crippen LogP contribution in [0.25, 0.3) is 0 Å². The van der Waals surface area contributed by atoms with Gasteiger partial charge in [-0.3, -0.25) is 9.80 Å². The Bertz CT molecular complexity index is 890. The molecular formula is C57H108N2. The summed E-state index contributed by atoms with van der Waals surface area (Å²) in [7, 11) is 2.37. The Morgan fingerprint density at radius 3 is 0.797 bits per heavy atom. The molecule has 0 aliphatic heterocycles. The van der Waals surface area contributed by atoms with Gasteiger partial charge < -0.3 is 0 Å². The number of unbranched alkanes of at least 4 members (excludes halogenated alkanes) is 27. The first-order valence-corrected chi connectivity index (χ1v) is 26.0. The van der Waals surface area contributed by atoms with Crippen LogP contribution < -0.4 is 0 Å². The third-order valence-electron chi connectivity index (χ3n) is 11.5. The lowest BCUT2D eigenvalue weighted by Gasteiger charge is -2.28. The monoisotopic (exact) mass is 821 g/mol. The molecule has 0 fully saturated rings. The molecule has 0 amide bonds. The minimum absolute atomic E-state index is 0. The predicted molar refractivity (Wildman–Crippen MR) is 274 cm³/mol. The van der Waals surface area contributed by atoms with Crippen LogP contribution in [-0.2, 0) is 0 Å². The van der Waals surface area contributed by atoms with E-state index in [-0.39, 0.29) is 7.43 Å². The summed E-state index contributed by atoms with van der Waals surface area (Å²) in [5, 5.41) is 0. The minimum atomic E-state index is 0. The molecule has 0 aromatic carbocycles. The molecule has 0 unspecified atom stereocenters. The smallest absolute Gasteiger partial charge is 0.0503 e. The van der Waals surface area contributed by atoms with E-state index in [9.17, 15) is 0 Å². The maximum Gasteiger partial charge on any atom is 0.0503 e. The van der Waals surface area contributed by atoms with Gasteiger partial charge in [0, 0.05) is 0 Å². The van der Waals surface area contributed by atoms with E-state index in [2.05, 4.69) is 111 Å². The maximum absolute atomic E-state index is 2.79. The van der Waals surface area contributed by atoms with Crippen molar-refractivity contribution in [2.75, 3.05) is 33.4 Å². The van der Waals surface area contributed by atoms with Crippen molar-refractivity contribution in [1.82, 2.24) is 9.80 Å². The molecule has 2 nitrogen and oxygen atoms in total. The topological polar surface area (TPSA) is 6.48 Å². The number of hydrogen-bond acceptors (Lipinski definition) is 2. The lowest BCUT2D eigenvalue weighted by molar-refractivity contribution is 0.147. The summed E-state index contributed by atoms with van der Waals surface area (Å²) in [5.41, 5.74) is 0. The Kier molecular flexibility index (Phi) is 54.8. The summed E-state index contributed by atoms with van der Waals surface area (Å²) >= 11 is 0. The van der Waals surface area contributed by atoms with Gasteiger partial charge in [0.1, 0.15) is 0 Å². The molecule has 59 heavy (non-hydrogen) atoms. The number of rotatable bonds is 47. The molecule has 0 spiro atoms. The summed E-state index contributed by atoms with van der Waals surface area (Å²) in [4.78, 5) is 5.41. The Hall–Kier alpha value is -1.64. The summed E-state index contributed by atoms with van der Waals surface area (Å²) < 4.78 is 0. The van der Waals surface area contributed by atoms with Crippen molar-refractivity contribution in [2.45, 2.75) is 259 Å². The van der Waals surface area contributed by atoms with Crippen molar-refractivity contribution < 1.29 is 0 Å². The highest BCUT2D eigenvalue weighted by atomic mass is 15.3. The summed E-state index contributed by atoms with van der Waals surface area (Å²) in [6, 6.07) is 0. The molecule has 0 heterocycles. The molecule has 0 saturated carbocycles. The van der Waals surface area contributed by atoms with E-state index in [1.807, 2.05) is 0 Å². The fourth-order valence-corrected chi connectivity index (χ4v) is 7.68. The zero-order valence-corrected chi connectivity index (χ0v) is 40.1. The van der Waals surface area contributed by atoms with E-state index < -0.39 is 0 Å². The van der Waals surface area contributed by atoms with E-state index in [0.717, 1.165) is 25.9 Å². The molecule has 0 N–H and O–H groups in total. The van der Waals surface area contributed by atoms with Crippen LogP contribution in [0.3, 0.4) is 0 Å². The lowest BCUT2D eigenvalue weighted by Crippen LogP contribution is -2.37. The molecule has 0 atom stereocenters. The highest BCUT2D eigenvalue weighted by molar-refractivity contribution is 4.94. The van der Waals surface area contributed by atoms with Gasteiger partial charge in [0.2, 0.25) is 0 Å². The quantitative estimate of drug-likeness (QED) is 0.0343. The van der Waals surface area contributed by atoms with Crippen LogP contribution in [0.4, 0.5) is 0 Å². The molecular weight excluding hydrogens is 713 g/mol. The Labute approximate surface area is 374 Å². The Morgan fingerprint density at radius 2 is 0.508 bits per heavy atom. The van der Waals surface area contributed by atoms with Crippen molar-refractivity contribution >= 4 is 0 Å². The van der Waals surface area contributed by atoms with Gasteiger partial charge in [0.25, 0.3) is 0 Å². The molecule has 2 heteroatoms. The highest BCUT2D eigenvalue weighted by Gasteiger charge is 2.08. The average Bonchev–Trinajstić information content (AvgIpc) is 3.23. The van der Waals surface area contributed by atoms with E-state index in [1.165, 1.54) is 232 Å². The second kappa shape index (κ2) is 54.4. The SMILES string of the molecule is C.CCCCC/C=C\C/C=C\CCCCCCCCN(C)CN(CCCCCCCC/C=C\C/C=C\CCCCC)CCCCCCCC/C=C\C/C=C\CCCCC. The van der Waals surface area contributed by atoms with Gasteiger partial charge in [-0.1, -0.05) is 217 Å². The van der Waals surface area contributed by atoms with Gasteiger partial charge in [0.15, 0.2) is 0 Å². The second-order valence-corrected chi connectivity index (χ2v) is 17.6. The molecule has 0 radical (unpaired) electrons. The van der Waals surface area contributed by atoms with Crippen LogP contribution in [0.2, 0.25) is 0 Å². The van der Waals surface area contributed by atoms with Gasteiger partial charge >= 0.3 is 0 Å². The largest absolute Gasteiger partial charge is 0.294 e. The molecule has 346 valence electrons. The molecule has 0 bridgehead atoms. The average molecular weight is 822 g/mol. The van der Waals surface area contributed by atoms with Crippen molar-refractivity contribution in [2.24, 2.45) is 0 Å². The van der Waals surface area contributed by atoms with E-state index >= 15 is 0 Å². The van der Waals surface area contributed by atoms with Crippen LogP contribution in [0.5, 0.6) is 0 Å².